The first kappa shape index (κ1) is 19.8. The number of hydrogen-bond donors (Lipinski definition) is 1. The van der Waals surface area contributed by atoms with Crippen molar-refractivity contribution >= 4 is 29.2 Å². The summed E-state index contributed by atoms with van der Waals surface area (Å²) in [7, 11) is 0. The van der Waals surface area contributed by atoms with Crippen LogP contribution in [0.1, 0.15) is 32.1 Å². The van der Waals surface area contributed by atoms with E-state index in [-0.39, 0.29) is 6.10 Å². The monoisotopic (exact) mass is 408 g/mol. The highest BCUT2D eigenvalue weighted by molar-refractivity contribution is 8.00. The van der Waals surface area contributed by atoms with E-state index in [0.29, 0.717) is 47.4 Å². The molecule has 0 aromatic rings. The second-order valence-electron chi connectivity index (χ2n) is 7.69. The number of aliphatic hydroxyl groups excluding tert-OH is 1. The molecular weight excluding hydrogens is 383 g/mol. The van der Waals surface area contributed by atoms with Gasteiger partial charge in [0, 0.05) is 29.9 Å². The summed E-state index contributed by atoms with van der Waals surface area (Å²) in [6.07, 6.45) is 7.18. The third-order valence-corrected chi connectivity index (χ3v) is 6.86. The smallest absolute Gasteiger partial charge is 0.263 e. The molecule has 8 heteroatoms. The number of thioether (sulfide) groups is 1. The van der Waals surface area contributed by atoms with Gasteiger partial charge in [-0.25, -0.2) is 9.38 Å². The fourth-order valence-corrected chi connectivity index (χ4v) is 4.94. The minimum absolute atomic E-state index is 0.192. The maximum absolute atomic E-state index is 14.5. The number of halogens is 1. The van der Waals surface area contributed by atoms with E-state index in [1.165, 1.54) is 6.08 Å². The average molecular weight is 408 g/mol. The molecule has 4 rings (SSSR count). The van der Waals surface area contributed by atoms with Gasteiger partial charge in [-0.2, -0.15) is 16.8 Å². The number of aliphatic imine (C=N–C) groups is 2. The Morgan fingerprint density at radius 1 is 1.21 bits per heavy atom. The fourth-order valence-electron chi connectivity index (χ4n) is 3.82. The first-order valence-electron chi connectivity index (χ1n) is 9.87. The summed E-state index contributed by atoms with van der Waals surface area (Å²) >= 11 is 1.70. The summed E-state index contributed by atoms with van der Waals surface area (Å²) in [5, 5.41) is 10.0. The molecule has 0 aromatic carbocycles. The van der Waals surface area contributed by atoms with Gasteiger partial charge < -0.3 is 14.6 Å². The van der Waals surface area contributed by atoms with Crippen molar-refractivity contribution in [3.63, 3.8) is 0 Å². The van der Waals surface area contributed by atoms with E-state index in [9.17, 15) is 14.3 Å². The number of rotatable bonds is 6. The van der Waals surface area contributed by atoms with Gasteiger partial charge in [0.15, 0.2) is 0 Å². The molecule has 2 atom stereocenters. The van der Waals surface area contributed by atoms with Crippen molar-refractivity contribution in [2.75, 3.05) is 25.6 Å². The van der Waals surface area contributed by atoms with E-state index in [4.69, 9.17) is 9.47 Å². The van der Waals surface area contributed by atoms with Crippen molar-refractivity contribution in [2.45, 2.75) is 43.5 Å². The Kier molecular flexibility index (Phi) is 6.28. The summed E-state index contributed by atoms with van der Waals surface area (Å²) in [6.45, 7) is 1.86. The lowest BCUT2D eigenvalue weighted by atomic mass is 9.94. The van der Waals surface area contributed by atoms with Crippen LogP contribution in [0.15, 0.2) is 33.7 Å². The van der Waals surface area contributed by atoms with Crippen LogP contribution in [-0.4, -0.2) is 59.5 Å². The molecule has 2 heterocycles. The lowest BCUT2D eigenvalue weighted by molar-refractivity contribution is -0.119. The van der Waals surface area contributed by atoms with E-state index < -0.39 is 17.7 Å². The highest BCUT2D eigenvalue weighted by Crippen LogP contribution is 2.31. The molecule has 1 amide bonds. The SMILES string of the molecule is O=C1N=C(CSC2CCC(O)CC2)N=C2C=C(OC[C@H]3CCOC3)C=C(F)C12. The Morgan fingerprint density at radius 2 is 2.04 bits per heavy atom. The molecule has 6 nitrogen and oxygen atoms in total. The van der Waals surface area contributed by atoms with Crippen molar-refractivity contribution in [3.05, 3.63) is 23.7 Å². The standard InChI is InChI=1S/C20H25FN2O4S/c21-16-7-14(27-10-12-5-6-26-9-12)8-17-19(16)20(25)23-18(22-17)11-28-15-3-1-13(24)2-4-15/h7-8,12-13,15,19,24H,1-6,9-11H2/t12-,13?,15?,19?/m0/s1. The number of ether oxygens (including phenoxy) is 2. The van der Waals surface area contributed by atoms with E-state index in [2.05, 4.69) is 9.98 Å². The second kappa shape index (κ2) is 8.88. The number of carbonyl (C=O) groups is 1. The molecule has 1 saturated carbocycles. The number of amidine groups is 1. The molecule has 2 aliphatic carbocycles. The molecule has 1 unspecified atom stereocenters. The zero-order valence-electron chi connectivity index (χ0n) is 15.7. The minimum Gasteiger partial charge on any atom is -0.493 e. The van der Waals surface area contributed by atoms with Crippen LogP contribution in [-0.2, 0) is 14.3 Å². The lowest BCUT2D eigenvalue weighted by Crippen LogP contribution is -2.31. The maximum atomic E-state index is 14.5. The molecule has 4 aliphatic rings. The van der Waals surface area contributed by atoms with Crippen LogP contribution in [0.25, 0.3) is 0 Å². The van der Waals surface area contributed by atoms with E-state index in [1.54, 1.807) is 17.8 Å². The fraction of sp³-hybridized carbons (Fsp3) is 0.650. The van der Waals surface area contributed by atoms with Crippen LogP contribution in [0, 0.1) is 11.8 Å². The van der Waals surface area contributed by atoms with E-state index >= 15 is 0 Å². The van der Waals surface area contributed by atoms with Crippen LogP contribution in [0.5, 0.6) is 0 Å². The van der Waals surface area contributed by atoms with Crippen molar-refractivity contribution < 1.29 is 23.8 Å². The van der Waals surface area contributed by atoms with Gasteiger partial charge in [0.2, 0.25) is 0 Å². The summed E-state index contributed by atoms with van der Waals surface area (Å²) in [4.78, 5) is 20.8. The summed E-state index contributed by atoms with van der Waals surface area (Å²) < 4.78 is 25.5. The highest BCUT2D eigenvalue weighted by atomic mass is 32.2. The molecular formula is C20H25FN2O4S. The quantitative estimate of drug-likeness (QED) is 0.731. The van der Waals surface area contributed by atoms with Crippen molar-refractivity contribution in [2.24, 2.45) is 21.8 Å². The van der Waals surface area contributed by atoms with Gasteiger partial charge in [-0.1, -0.05) is 0 Å². The Hall–Kier alpha value is -1.51. The van der Waals surface area contributed by atoms with Crippen molar-refractivity contribution in [3.8, 4) is 0 Å². The summed E-state index contributed by atoms with van der Waals surface area (Å²) in [5.41, 5.74) is 0.368. The molecule has 0 radical (unpaired) electrons. The van der Waals surface area contributed by atoms with E-state index in [1.807, 2.05) is 0 Å². The Balaban J connectivity index is 1.39. The number of fused-ring (bicyclic) bond motifs is 1. The van der Waals surface area contributed by atoms with Crippen molar-refractivity contribution in [1.29, 1.82) is 0 Å². The van der Waals surface area contributed by atoms with Gasteiger partial charge in [0.05, 0.1) is 30.8 Å². The van der Waals surface area contributed by atoms with Crippen LogP contribution < -0.4 is 0 Å². The van der Waals surface area contributed by atoms with Gasteiger partial charge in [-0.3, -0.25) is 4.79 Å². The Labute approximate surface area is 168 Å². The molecule has 0 bridgehead atoms. The Bertz CT molecular complexity index is 734. The third-order valence-electron chi connectivity index (χ3n) is 5.49. The molecule has 28 heavy (non-hydrogen) atoms. The number of nitrogens with zero attached hydrogens (tertiary/aromatic N) is 2. The molecule has 152 valence electrons. The zero-order valence-corrected chi connectivity index (χ0v) is 16.5. The van der Waals surface area contributed by atoms with Gasteiger partial charge in [0.1, 0.15) is 23.3 Å². The molecule has 2 aliphatic heterocycles. The van der Waals surface area contributed by atoms with Crippen LogP contribution in [0.4, 0.5) is 4.39 Å². The highest BCUT2D eigenvalue weighted by Gasteiger charge is 2.35. The number of allylic oxidation sites excluding steroid dienone is 2. The number of carbonyl (C=O) groups excluding carboxylic acids is 1. The largest absolute Gasteiger partial charge is 0.493 e. The predicted molar refractivity (Wildman–Crippen MR) is 106 cm³/mol. The average Bonchev–Trinajstić information content (AvgIpc) is 3.19. The van der Waals surface area contributed by atoms with E-state index in [0.717, 1.165) is 38.7 Å². The molecule has 2 fully saturated rings. The number of aliphatic hydroxyl groups is 1. The van der Waals surface area contributed by atoms with Gasteiger partial charge in [-0.15, -0.1) is 0 Å². The number of amides is 1. The molecule has 1 N–H and O–H groups in total. The predicted octanol–water partition coefficient (Wildman–Crippen LogP) is 2.82. The molecule has 0 spiro atoms. The lowest BCUT2D eigenvalue weighted by Gasteiger charge is -2.25. The van der Waals surface area contributed by atoms with Crippen LogP contribution in [0.3, 0.4) is 0 Å². The van der Waals surface area contributed by atoms with Gasteiger partial charge >= 0.3 is 0 Å². The third kappa shape index (κ3) is 4.72. The summed E-state index contributed by atoms with van der Waals surface area (Å²) in [6, 6.07) is 0. The Morgan fingerprint density at radius 3 is 2.79 bits per heavy atom. The second-order valence-corrected chi connectivity index (χ2v) is 8.98. The van der Waals surface area contributed by atoms with Crippen LogP contribution >= 0.6 is 11.8 Å². The zero-order chi connectivity index (χ0) is 19.5. The van der Waals surface area contributed by atoms with Gasteiger partial charge in [-0.05, 0) is 32.1 Å². The summed E-state index contributed by atoms with van der Waals surface area (Å²) in [5.74, 6) is -0.469. The minimum atomic E-state index is -1.04. The molecule has 0 aromatic heterocycles. The first-order chi connectivity index (χ1) is 13.6. The molecule has 1 saturated heterocycles. The number of hydrogen-bond acceptors (Lipinski definition) is 6. The normalized spacial score (nSPS) is 32.9. The first-order valence-corrected chi connectivity index (χ1v) is 10.9. The van der Waals surface area contributed by atoms with Gasteiger partial charge in [0.25, 0.3) is 5.91 Å². The topological polar surface area (TPSA) is 80.5 Å². The van der Waals surface area contributed by atoms with Crippen molar-refractivity contribution in [1.82, 2.24) is 0 Å². The van der Waals surface area contributed by atoms with Crippen LogP contribution in [0.2, 0.25) is 0 Å². The maximum Gasteiger partial charge on any atom is 0.263 e.